The van der Waals surface area contributed by atoms with Crippen molar-refractivity contribution in [3.8, 4) is 0 Å². The molecule has 0 aromatic carbocycles. The summed E-state index contributed by atoms with van der Waals surface area (Å²) in [5.74, 6) is 0.311. The van der Waals surface area contributed by atoms with Crippen LogP contribution in [0.3, 0.4) is 0 Å². The summed E-state index contributed by atoms with van der Waals surface area (Å²) in [6, 6.07) is 1.82. The molecule has 1 atom stereocenters. The molecule has 8 heteroatoms. The van der Waals surface area contributed by atoms with Crippen LogP contribution in [0, 0.1) is 5.41 Å². The number of amides is 2. The van der Waals surface area contributed by atoms with Crippen LogP contribution in [0.15, 0.2) is 18.5 Å². The van der Waals surface area contributed by atoms with E-state index in [9.17, 15) is 14.7 Å². The molecule has 0 bridgehead atoms. The van der Waals surface area contributed by atoms with E-state index in [1.54, 1.807) is 12.4 Å². The van der Waals surface area contributed by atoms with Gasteiger partial charge < -0.3 is 10.0 Å². The summed E-state index contributed by atoms with van der Waals surface area (Å²) in [6.45, 7) is 5.10. The Labute approximate surface area is 171 Å². The van der Waals surface area contributed by atoms with E-state index in [0.29, 0.717) is 13.0 Å². The molecule has 1 saturated carbocycles. The van der Waals surface area contributed by atoms with E-state index < -0.39 is 11.5 Å². The quantitative estimate of drug-likeness (QED) is 0.563. The molecule has 3 heterocycles. The first kappa shape index (κ1) is 20.2. The van der Waals surface area contributed by atoms with Gasteiger partial charge in [-0.05, 0) is 38.3 Å². The lowest BCUT2D eigenvalue weighted by molar-refractivity contribution is -0.166. The zero-order chi connectivity index (χ0) is 20.3. The van der Waals surface area contributed by atoms with Gasteiger partial charge in [0, 0.05) is 57.0 Å². The highest BCUT2D eigenvalue weighted by molar-refractivity contribution is 6.01. The number of likely N-dealkylation sites (tertiary alicyclic amines) is 1. The average molecular weight is 402 g/mol. The number of carbonyl (C=O) groups excluding carboxylic acids is 2. The van der Waals surface area contributed by atoms with Gasteiger partial charge in [-0.3, -0.25) is 19.4 Å². The minimum Gasteiger partial charge on any atom is -0.383 e. The highest BCUT2D eigenvalue weighted by atomic mass is 16.3. The van der Waals surface area contributed by atoms with Crippen LogP contribution in [0.1, 0.15) is 44.9 Å². The van der Waals surface area contributed by atoms with Crippen LogP contribution in [-0.2, 0) is 9.59 Å². The molecular formula is C21H31N5O3. The first-order valence-corrected chi connectivity index (χ1v) is 10.9. The number of anilines is 1. The molecule has 29 heavy (non-hydrogen) atoms. The van der Waals surface area contributed by atoms with Crippen molar-refractivity contribution in [1.29, 1.82) is 0 Å². The SMILES string of the molecule is O=C1CC2(CCCC2)[C@@H](O)C(=O)N1CCCCN1CCN(c2ncccn2)CC1. The van der Waals surface area contributed by atoms with Gasteiger partial charge in [-0.25, -0.2) is 9.97 Å². The van der Waals surface area contributed by atoms with E-state index in [1.165, 1.54) is 4.90 Å². The number of piperazine rings is 1. The highest BCUT2D eigenvalue weighted by Gasteiger charge is 2.51. The Balaban J connectivity index is 1.18. The third kappa shape index (κ3) is 4.28. The van der Waals surface area contributed by atoms with Crippen molar-refractivity contribution in [2.45, 2.75) is 51.0 Å². The summed E-state index contributed by atoms with van der Waals surface area (Å²) in [5, 5.41) is 10.5. The molecule has 4 rings (SSSR count). The second kappa shape index (κ2) is 8.75. The number of aliphatic hydroxyl groups excluding tert-OH is 1. The summed E-state index contributed by atoms with van der Waals surface area (Å²) in [4.78, 5) is 39.7. The van der Waals surface area contributed by atoms with Crippen molar-refractivity contribution >= 4 is 17.8 Å². The fourth-order valence-electron chi connectivity index (χ4n) is 5.02. The fourth-order valence-corrected chi connectivity index (χ4v) is 5.02. The number of unbranched alkanes of at least 4 members (excludes halogenated alkanes) is 1. The van der Waals surface area contributed by atoms with Crippen molar-refractivity contribution in [3.63, 3.8) is 0 Å². The van der Waals surface area contributed by atoms with Crippen LogP contribution in [0.4, 0.5) is 5.95 Å². The van der Waals surface area contributed by atoms with Gasteiger partial charge in [0.15, 0.2) is 0 Å². The summed E-state index contributed by atoms with van der Waals surface area (Å²) < 4.78 is 0. The number of aromatic nitrogens is 2. The number of aliphatic hydroxyl groups is 1. The zero-order valence-electron chi connectivity index (χ0n) is 17.0. The predicted molar refractivity (Wildman–Crippen MR) is 108 cm³/mol. The number of hydrogen-bond acceptors (Lipinski definition) is 7. The van der Waals surface area contributed by atoms with Crippen LogP contribution in [0.5, 0.6) is 0 Å². The van der Waals surface area contributed by atoms with E-state index in [0.717, 1.165) is 77.2 Å². The Hall–Kier alpha value is -2.06. The minimum absolute atomic E-state index is 0.0984. The lowest BCUT2D eigenvalue weighted by Crippen LogP contribution is -2.56. The van der Waals surface area contributed by atoms with E-state index in [4.69, 9.17) is 0 Å². The molecule has 2 aliphatic heterocycles. The molecule has 2 saturated heterocycles. The molecule has 0 unspecified atom stereocenters. The van der Waals surface area contributed by atoms with Gasteiger partial charge >= 0.3 is 0 Å². The molecule has 3 aliphatic rings. The van der Waals surface area contributed by atoms with Crippen LogP contribution in [0.2, 0.25) is 0 Å². The van der Waals surface area contributed by atoms with Crippen molar-refractivity contribution < 1.29 is 14.7 Å². The molecule has 2 amide bonds. The molecular weight excluding hydrogens is 370 g/mol. The Bertz CT molecular complexity index is 714. The second-order valence-corrected chi connectivity index (χ2v) is 8.62. The Kier molecular flexibility index (Phi) is 6.10. The zero-order valence-corrected chi connectivity index (χ0v) is 17.0. The third-order valence-corrected chi connectivity index (χ3v) is 6.80. The van der Waals surface area contributed by atoms with Gasteiger partial charge in [-0.1, -0.05) is 12.8 Å². The monoisotopic (exact) mass is 401 g/mol. The molecule has 1 spiro atoms. The summed E-state index contributed by atoms with van der Waals surface area (Å²) >= 11 is 0. The number of carbonyl (C=O) groups is 2. The fraction of sp³-hybridized carbons (Fsp3) is 0.714. The topological polar surface area (TPSA) is 89.9 Å². The maximum atomic E-state index is 12.6. The van der Waals surface area contributed by atoms with E-state index in [2.05, 4.69) is 19.8 Å². The first-order valence-electron chi connectivity index (χ1n) is 10.9. The molecule has 1 aromatic rings. The average Bonchev–Trinajstić information content (AvgIpc) is 3.22. The number of hydrogen-bond donors (Lipinski definition) is 1. The maximum Gasteiger partial charge on any atom is 0.258 e. The normalized spacial score (nSPS) is 25.2. The molecule has 1 N–H and O–H groups in total. The third-order valence-electron chi connectivity index (χ3n) is 6.80. The Morgan fingerprint density at radius 1 is 1.00 bits per heavy atom. The Morgan fingerprint density at radius 3 is 2.34 bits per heavy atom. The number of nitrogens with zero attached hydrogens (tertiary/aromatic N) is 5. The van der Waals surface area contributed by atoms with Crippen molar-refractivity contribution in [2.24, 2.45) is 5.41 Å². The summed E-state index contributed by atoms with van der Waals surface area (Å²) in [7, 11) is 0. The molecule has 8 nitrogen and oxygen atoms in total. The van der Waals surface area contributed by atoms with Crippen LogP contribution < -0.4 is 4.90 Å². The van der Waals surface area contributed by atoms with Gasteiger partial charge in [0.2, 0.25) is 11.9 Å². The van der Waals surface area contributed by atoms with Gasteiger partial charge in [0.1, 0.15) is 6.10 Å². The molecule has 1 aliphatic carbocycles. The number of rotatable bonds is 6. The lowest BCUT2D eigenvalue weighted by atomic mass is 9.74. The van der Waals surface area contributed by atoms with Gasteiger partial charge in [0.05, 0.1) is 0 Å². The number of imide groups is 1. The standard InChI is InChI=1S/C21H31N5O3/c27-17-16-21(6-1-2-7-21)18(28)19(29)26(17)11-4-3-10-24-12-14-25(15-13-24)20-22-8-5-9-23-20/h5,8-9,18,28H,1-4,6-7,10-16H2/t18-/m0/s1. The molecule has 1 aromatic heterocycles. The predicted octanol–water partition coefficient (Wildman–Crippen LogP) is 1.06. The minimum atomic E-state index is -1.00. The largest absolute Gasteiger partial charge is 0.383 e. The maximum absolute atomic E-state index is 12.6. The first-order chi connectivity index (χ1) is 14.1. The van der Waals surface area contributed by atoms with Crippen molar-refractivity contribution in [2.75, 3.05) is 44.2 Å². The van der Waals surface area contributed by atoms with Crippen LogP contribution in [0.25, 0.3) is 0 Å². The molecule has 158 valence electrons. The summed E-state index contributed by atoms with van der Waals surface area (Å²) in [5.41, 5.74) is -0.479. The van der Waals surface area contributed by atoms with Crippen LogP contribution >= 0.6 is 0 Å². The van der Waals surface area contributed by atoms with Crippen molar-refractivity contribution in [1.82, 2.24) is 19.8 Å². The van der Waals surface area contributed by atoms with E-state index >= 15 is 0 Å². The van der Waals surface area contributed by atoms with Crippen molar-refractivity contribution in [3.05, 3.63) is 18.5 Å². The molecule has 0 radical (unpaired) electrons. The smallest absolute Gasteiger partial charge is 0.258 e. The summed E-state index contributed by atoms with van der Waals surface area (Å²) in [6.07, 6.45) is 8.15. The van der Waals surface area contributed by atoms with Crippen LogP contribution in [-0.4, -0.2) is 82.1 Å². The van der Waals surface area contributed by atoms with Gasteiger partial charge in [-0.15, -0.1) is 0 Å². The second-order valence-electron chi connectivity index (χ2n) is 8.62. The van der Waals surface area contributed by atoms with Gasteiger partial charge in [-0.2, -0.15) is 0 Å². The number of piperidine rings is 1. The Morgan fingerprint density at radius 2 is 1.66 bits per heavy atom. The van der Waals surface area contributed by atoms with E-state index in [1.807, 2.05) is 6.07 Å². The van der Waals surface area contributed by atoms with E-state index in [-0.39, 0.29) is 11.8 Å². The highest BCUT2D eigenvalue weighted by Crippen LogP contribution is 2.47. The van der Waals surface area contributed by atoms with Gasteiger partial charge in [0.25, 0.3) is 5.91 Å². The lowest BCUT2D eigenvalue weighted by Gasteiger charge is -2.41. The molecule has 3 fully saturated rings.